The number of carboxylic acid groups (broad SMARTS) is 1. The van der Waals surface area contributed by atoms with E-state index >= 15 is 0 Å². The van der Waals surface area contributed by atoms with Gasteiger partial charge in [0.2, 0.25) is 0 Å². The quantitative estimate of drug-likeness (QED) is 0.817. The number of rotatable bonds is 3. The molecule has 1 amide bonds. The maximum Gasteiger partial charge on any atom is 0.410 e. The fourth-order valence-electron chi connectivity index (χ4n) is 2.12. The fourth-order valence-corrected chi connectivity index (χ4v) is 2.12. The Morgan fingerprint density at radius 2 is 2.32 bits per heavy atom. The SMILES string of the molecule is C=CCOC(=O)N1CCc2c(C(=O)O)nn(C)c2C1. The van der Waals surface area contributed by atoms with Crippen LogP contribution in [0.4, 0.5) is 4.79 Å². The lowest BCUT2D eigenvalue weighted by molar-refractivity contribution is 0.0688. The lowest BCUT2D eigenvalue weighted by Gasteiger charge is -2.26. The molecule has 0 unspecified atom stereocenters. The van der Waals surface area contributed by atoms with Gasteiger partial charge in [0.1, 0.15) is 6.61 Å². The van der Waals surface area contributed by atoms with Crippen molar-refractivity contribution in [3.05, 3.63) is 29.6 Å². The van der Waals surface area contributed by atoms with Crippen LogP contribution in [0.2, 0.25) is 0 Å². The van der Waals surface area contributed by atoms with E-state index in [1.54, 1.807) is 7.05 Å². The van der Waals surface area contributed by atoms with Crippen LogP contribution in [0, 0.1) is 0 Å². The number of aryl methyl sites for hydroxylation is 1. The lowest BCUT2D eigenvalue weighted by atomic mass is 10.0. The Morgan fingerprint density at radius 3 is 2.95 bits per heavy atom. The molecule has 19 heavy (non-hydrogen) atoms. The standard InChI is InChI=1S/C12H15N3O4/c1-3-6-19-12(18)15-5-4-8-9(7-15)14(2)13-10(8)11(16)17/h3H,1,4-7H2,2H3,(H,16,17). The van der Waals surface area contributed by atoms with Crippen LogP contribution in [0.1, 0.15) is 21.7 Å². The largest absolute Gasteiger partial charge is 0.476 e. The number of carboxylic acids is 1. The minimum absolute atomic E-state index is 0.0663. The topological polar surface area (TPSA) is 84.7 Å². The number of ether oxygens (including phenoxy) is 1. The zero-order valence-electron chi connectivity index (χ0n) is 10.6. The molecule has 2 heterocycles. The molecular weight excluding hydrogens is 250 g/mol. The normalized spacial score (nSPS) is 13.8. The minimum Gasteiger partial charge on any atom is -0.476 e. The molecule has 0 saturated heterocycles. The average Bonchev–Trinajstić information content (AvgIpc) is 2.73. The summed E-state index contributed by atoms with van der Waals surface area (Å²) in [6.45, 7) is 4.37. The molecule has 0 fully saturated rings. The van der Waals surface area contributed by atoms with E-state index in [1.165, 1.54) is 15.7 Å². The smallest absolute Gasteiger partial charge is 0.410 e. The predicted octanol–water partition coefficient (Wildman–Crippen LogP) is 0.799. The summed E-state index contributed by atoms with van der Waals surface area (Å²) in [7, 11) is 1.67. The highest BCUT2D eigenvalue weighted by molar-refractivity contribution is 5.87. The van der Waals surface area contributed by atoms with Crippen molar-refractivity contribution in [1.82, 2.24) is 14.7 Å². The molecule has 0 aromatic carbocycles. The van der Waals surface area contributed by atoms with Gasteiger partial charge in [0, 0.05) is 19.2 Å². The number of carbonyl (C=O) groups is 2. The number of aromatic nitrogens is 2. The highest BCUT2D eigenvalue weighted by Gasteiger charge is 2.29. The molecule has 0 aliphatic carbocycles. The van der Waals surface area contributed by atoms with Gasteiger partial charge < -0.3 is 14.7 Å². The first-order valence-corrected chi connectivity index (χ1v) is 5.85. The van der Waals surface area contributed by atoms with E-state index in [9.17, 15) is 9.59 Å². The Labute approximate surface area is 110 Å². The monoisotopic (exact) mass is 265 g/mol. The highest BCUT2D eigenvalue weighted by Crippen LogP contribution is 2.22. The van der Waals surface area contributed by atoms with Crippen molar-refractivity contribution in [2.75, 3.05) is 13.2 Å². The van der Waals surface area contributed by atoms with Gasteiger partial charge in [-0.3, -0.25) is 4.68 Å². The molecule has 1 aliphatic rings. The number of hydrogen-bond donors (Lipinski definition) is 1. The van der Waals surface area contributed by atoms with Crippen LogP contribution in [-0.2, 0) is 24.8 Å². The number of hydrogen-bond acceptors (Lipinski definition) is 4. The molecule has 7 nitrogen and oxygen atoms in total. The lowest BCUT2D eigenvalue weighted by Crippen LogP contribution is -2.37. The molecule has 1 aromatic rings. The number of fused-ring (bicyclic) bond motifs is 1. The van der Waals surface area contributed by atoms with Gasteiger partial charge in [-0.25, -0.2) is 9.59 Å². The van der Waals surface area contributed by atoms with Crippen molar-refractivity contribution >= 4 is 12.1 Å². The molecular formula is C12H15N3O4. The summed E-state index contributed by atoms with van der Waals surface area (Å²) >= 11 is 0. The van der Waals surface area contributed by atoms with Crippen LogP contribution in [0.3, 0.4) is 0 Å². The summed E-state index contributed by atoms with van der Waals surface area (Å²) < 4.78 is 6.47. The van der Waals surface area contributed by atoms with Gasteiger partial charge in [-0.2, -0.15) is 5.10 Å². The molecule has 1 N–H and O–H groups in total. The molecule has 1 aliphatic heterocycles. The van der Waals surface area contributed by atoms with E-state index in [-0.39, 0.29) is 12.3 Å². The molecule has 0 radical (unpaired) electrons. The van der Waals surface area contributed by atoms with Crippen LogP contribution in [0.25, 0.3) is 0 Å². The van der Waals surface area contributed by atoms with Crippen molar-refractivity contribution < 1.29 is 19.4 Å². The number of nitrogens with zero attached hydrogens (tertiary/aromatic N) is 3. The molecule has 0 saturated carbocycles. The van der Waals surface area contributed by atoms with E-state index in [4.69, 9.17) is 9.84 Å². The van der Waals surface area contributed by atoms with Gasteiger partial charge in [0.15, 0.2) is 5.69 Å². The Bertz CT molecular complexity index is 535. The number of aromatic carboxylic acids is 1. The average molecular weight is 265 g/mol. The molecule has 102 valence electrons. The van der Waals surface area contributed by atoms with Gasteiger partial charge in [0.25, 0.3) is 0 Å². The zero-order valence-corrected chi connectivity index (χ0v) is 10.6. The first kappa shape index (κ1) is 13.1. The van der Waals surface area contributed by atoms with E-state index in [0.29, 0.717) is 25.1 Å². The summed E-state index contributed by atoms with van der Waals surface area (Å²) in [5.41, 5.74) is 1.50. The van der Waals surface area contributed by atoms with Crippen LogP contribution in [0.15, 0.2) is 12.7 Å². The number of carbonyl (C=O) groups excluding carboxylic acids is 1. The maximum absolute atomic E-state index is 11.7. The summed E-state index contributed by atoms with van der Waals surface area (Å²) in [6, 6.07) is 0. The predicted molar refractivity (Wildman–Crippen MR) is 65.8 cm³/mol. The maximum atomic E-state index is 11.7. The Kier molecular flexibility index (Phi) is 3.55. The molecule has 0 spiro atoms. The first-order chi connectivity index (χ1) is 9.04. The Hall–Kier alpha value is -2.31. The van der Waals surface area contributed by atoms with Crippen molar-refractivity contribution in [3.8, 4) is 0 Å². The van der Waals surface area contributed by atoms with Gasteiger partial charge in [0.05, 0.1) is 12.2 Å². The van der Waals surface area contributed by atoms with Crippen LogP contribution in [-0.4, -0.2) is 45.0 Å². The Balaban J connectivity index is 2.18. The van der Waals surface area contributed by atoms with Crippen LogP contribution >= 0.6 is 0 Å². The van der Waals surface area contributed by atoms with Crippen LogP contribution in [0.5, 0.6) is 0 Å². The number of amides is 1. The third kappa shape index (κ3) is 2.44. The molecule has 1 aromatic heterocycles. The van der Waals surface area contributed by atoms with Crippen molar-refractivity contribution in [2.24, 2.45) is 7.05 Å². The molecule has 0 atom stereocenters. The summed E-state index contributed by atoms with van der Waals surface area (Å²) in [5, 5.41) is 13.0. The molecule has 7 heteroatoms. The van der Waals surface area contributed by atoms with Gasteiger partial charge >= 0.3 is 12.1 Å². The Morgan fingerprint density at radius 1 is 1.58 bits per heavy atom. The van der Waals surface area contributed by atoms with Gasteiger partial charge in [-0.05, 0) is 6.42 Å². The van der Waals surface area contributed by atoms with E-state index < -0.39 is 12.1 Å². The van der Waals surface area contributed by atoms with Gasteiger partial charge in [-0.15, -0.1) is 0 Å². The second kappa shape index (κ2) is 5.13. The molecule has 2 rings (SSSR count). The van der Waals surface area contributed by atoms with Crippen molar-refractivity contribution in [3.63, 3.8) is 0 Å². The van der Waals surface area contributed by atoms with E-state index in [0.717, 1.165) is 5.69 Å². The second-order valence-corrected chi connectivity index (χ2v) is 4.24. The third-order valence-corrected chi connectivity index (χ3v) is 3.03. The minimum atomic E-state index is -1.04. The third-order valence-electron chi connectivity index (χ3n) is 3.03. The first-order valence-electron chi connectivity index (χ1n) is 5.85. The van der Waals surface area contributed by atoms with Gasteiger partial charge in [-0.1, -0.05) is 12.7 Å². The van der Waals surface area contributed by atoms with E-state index in [2.05, 4.69) is 11.7 Å². The zero-order chi connectivity index (χ0) is 14.0. The second-order valence-electron chi connectivity index (χ2n) is 4.24. The fraction of sp³-hybridized carbons (Fsp3) is 0.417. The highest BCUT2D eigenvalue weighted by atomic mass is 16.6. The molecule has 0 bridgehead atoms. The summed E-state index contributed by atoms with van der Waals surface area (Å²) in [5.74, 6) is -1.04. The summed E-state index contributed by atoms with van der Waals surface area (Å²) in [6.07, 6.45) is 1.54. The van der Waals surface area contributed by atoms with E-state index in [1.807, 2.05) is 0 Å². The van der Waals surface area contributed by atoms with Crippen LogP contribution < -0.4 is 0 Å². The summed E-state index contributed by atoms with van der Waals surface area (Å²) in [4.78, 5) is 24.3. The van der Waals surface area contributed by atoms with Crippen molar-refractivity contribution in [2.45, 2.75) is 13.0 Å². The van der Waals surface area contributed by atoms with Crippen molar-refractivity contribution in [1.29, 1.82) is 0 Å².